The first-order valence-electron chi connectivity index (χ1n) is 3.85. The van der Waals surface area contributed by atoms with Gasteiger partial charge in [-0.05, 0) is 34.2 Å². The van der Waals surface area contributed by atoms with Gasteiger partial charge < -0.3 is 0 Å². The summed E-state index contributed by atoms with van der Waals surface area (Å²) in [5.41, 5.74) is 0. The lowest BCUT2D eigenvalue weighted by Gasteiger charge is -2.28. The summed E-state index contributed by atoms with van der Waals surface area (Å²) in [4.78, 5) is 2.46. The van der Waals surface area contributed by atoms with E-state index in [-0.39, 0.29) is 6.15 Å². The minimum atomic E-state index is 0. The van der Waals surface area contributed by atoms with Gasteiger partial charge in [0.15, 0.2) is 0 Å². The molecule has 0 heterocycles. The molecule has 0 saturated carbocycles. The lowest BCUT2D eigenvalue weighted by molar-refractivity contribution is 0.185. The Bertz CT molecular complexity index is 61.7. The van der Waals surface area contributed by atoms with Gasteiger partial charge in [0.2, 0.25) is 0 Å². The van der Waals surface area contributed by atoms with Crippen LogP contribution in [0.5, 0.6) is 0 Å². The highest BCUT2D eigenvalue weighted by Gasteiger charge is 2.08. The van der Waals surface area contributed by atoms with Crippen LogP contribution in [0.15, 0.2) is 0 Å². The molecule has 0 amide bonds. The van der Waals surface area contributed by atoms with Gasteiger partial charge in [0, 0.05) is 18.2 Å². The van der Waals surface area contributed by atoms with Gasteiger partial charge in [-0.25, -0.2) is 0 Å². The topological polar surface area (TPSA) is 33.7 Å². The van der Waals surface area contributed by atoms with Crippen LogP contribution in [-0.4, -0.2) is 23.5 Å². The van der Waals surface area contributed by atoms with Gasteiger partial charge in [-0.2, -0.15) is 0 Å². The van der Waals surface area contributed by atoms with Crippen LogP contribution in [0, 0.1) is 0 Å². The molecular formula is C8H19N2. The molecule has 0 bridgehead atoms. The smallest absolute Gasteiger partial charge is 0.00411 e. The molecule has 0 fully saturated rings. The van der Waals surface area contributed by atoms with Crippen molar-refractivity contribution in [2.75, 3.05) is 6.54 Å². The zero-order valence-electron chi connectivity index (χ0n) is 7.76. The Kier molecular flexibility index (Phi) is 7.15. The van der Waals surface area contributed by atoms with E-state index in [9.17, 15) is 0 Å². The molecule has 0 unspecified atom stereocenters. The summed E-state index contributed by atoms with van der Waals surface area (Å²) >= 11 is 0. The molecule has 0 aromatic heterocycles. The number of hydrogen-bond donors (Lipinski definition) is 0. The number of rotatable bonds is 3. The maximum Gasteiger partial charge on any atom is 0.00411 e. The van der Waals surface area contributed by atoms with E-state index >= 15 is 0 Å². The molecule has 0 spiro atoms. The van der Waals surface area contributed by atoms with Crippen molar-refractivity contribution in [2.45, 2.75) is 46.7 Å². The zero-order chi connectivity index (χ0) is 7.44. The summed E-state index contributed by atoms with van der Waals surface area (Å²) in [5.74, 6) is 0. The second kappa shape index (κ2) is 5.69. The Hall–Kier alpha value is -0.0800. The van der Waals surface area contributed by atoms with Gasteiger partial charge in [-0.15, -0.1) is 0 Å². The molecule has 0 rings (SSSR count). The highest BCUT2D eigenvalue weighted by molar-refractivity contribution is 4.64. The Morgan fingerprint density at radius 3 is 1.30 bits per heavy atom. The van der Waals surface area contributed by atoms with Crippen molar-refractivity contribution in [3.8, 4) is 0 Å². The fraction of sp³-hybridized carbons (Fsp3) is 1.00. The molecule has 3 radical (unpaired) electrons. The summed E-state index contributed by atoms with van der Waals surface area (Å²) in [7, 11) is 0. The molecule has 0 aliphatic carbocycles. The summed E-state index contributed by atoms with van der Waals surface area (Å²) in [6.07, 6.45) is 0. The lowest BCUT2D eigenvalue weighted by atomic mass is 10.2. The molecule has 0 aliphatic rings. The highest BCUT2D eigenvalue weighted by Crippen LogP contribution is 2.02. The largest absolute Gasteiger partial charge is 0.299 e. The van der Waals surface area contributed by atoms with E-state index in [4.69, 9.17) is 0 Å². The molecule has 61 valence electrons. The summed E-state index contributed by atoms with van der Waals surface area (Å²) in [5, 5.41) is 0. The van der Waals surface area contributed by atoms with E-state index in [2.05, 4.69) is 39.5 Å². The average Bonchev–Trinajstić information content (AvgIpc) is 1.64. The van der Waals surface area contributed by atoms with E-state index in [0.717, 1.165) is 6.54 Å². The molecule has 0 atom stereocenters. The van der Waals surface area contributed by atoms with Crippen LogP contribution in [0.25, 0.3) is 0 Å². The molecule has 10 heavy (non-hydrogen) atoms. The Morgan fingerprint density at radius 1 is 1.00 bits per heavy atom. The lowest BCUT2D eigenvalue weighted by Crippen LogP contribution is -2.36. The predicted molar refractivity (Wildman–Crippen MR) is 44.8 cm³/mol. The van der Waals surface area contributed by atoms with Crippen molar-refractivity contribution in [2.24, 2.45) is 0 Å². The number of nitrogens with zero attached hydrogens (tertiary/aromatic N) is 2. The normalized spacial score (nSPS) is 10.8. The molecule has 2 nitrogen and oxygen atoms in total. The van der Waals surface area contributed by atoms with Gasteiger partial charge in [0.1, 0.15) is 0 Å². The summed E-state index contributed by atoms with van der Waals surface area (Å²) in [6.45, 7) is 12.3. The van der Waals surface area contributed by atoms with Crippen molar-refractivity contribution in [3.05, 3.63) is 0 Å². The van der Waals surface area contributed by atoms with Crippen LogP contribution < -0.4 is 6.15 Å². The van der Waals surface area contributed by atoms with Crippen molar-refractivity contribution in [1.29, 1.82) is 0 Å². The molecule has 0 aromatic rings. The first kappa shape index (κ1) is 12.6. The monoisotopic (exact) mass is 143 g/mol. The first-order chi connectivity index (χ1) is 4.09. The Labute approximate surface area is 65.2 Å². The third-order valence-electron chi connectivity index (χ3n) is 1.69. The standard InChI is InChI=1S/C8H19N.N/c1-6-9(7(2)3)8(4)5;/h7-8H,6H2,1-5H3;. The van der Waals surface area contributed by atoms with Gasteiger partial charge in [0.05, 0.1) is 0 Å². The molecule has 0 aliphatic heterocycles. The second-order valence-electron chi connectivity index (χ2n) is 3.02. The molecule has 0 aromatic carbocycles. The molecule has 0 N–H and O–H groups in total. The van der Waals surface area contributed by atoms with E-state index in [0.29, 0.717) is 12.1 Å². The van der Waals surface area contributed by atoms with Crippen LogP contribution in [-0.2, 0) is 0 Å². The van der Waals surface area contributed by atoms with Crippen LogP contribution in [0.3, 0.4) is 0 Å². The first-order valence-corrected chi connectivity index (χ1v) is 3.85. The Morgan fingerprint density at radius 2 is 1.30 bits per heavy atom. The van der Waals surface area contributed by atoms with Crippen molar-refractivity contribution in [1.82, 2.24) is 11.1 Å². The third-order valence-corrected chi connectivity index (χ3v) is 1.69. The maximum absolute atomic E-state index is 2.46. The SMILES string of the molecule is CCN(C(C)C)C(C)C.[N]. The van der Waals surface area contributed by atoms with Gasteiger partial charge in [-0.1, -0.05) is 6.92 Å². The average molecular weight is 143 g/mol. The van der Waals surface area contributed by atoms with Crippen molar-refractivity contribution >= 4 is 0 Å². The van der Waals surface area contributed by atoms with Gasteiger partial charge in [-0.3, -0.25) is 4.90 Å². The van der Waals surface area contributed by atoms with Crippen molar-refractivity contribution < 1.29 is 0 Å². The van der Waals surface area contributed by atoms with E-state index in [1.54, 1.807) is 0 Å². The summed E-state index contributed by atoms with van der Waals surface area (Å²) in [6, 6.07) is 1.38. The van der Waals surface area contributed by atoms with Crippen LogP contribution in [0.2, 0.25) is 0 Å². The van der Waals surface area contributed by atoms with Crippen LogP contribution in [0.1, 0.15) is 34.6 Å². The van der Waals surface area contributed by atoms with E-state index in [1.807, 2.05) is 0 Å². The molecular weight excluding hydrogens is 124 g/mol. The van der Waals surface area contributed by atoms with Gasteiger partial charge >= 0.3 is 0 Å². The maximum atomic E-state index is 2.46. The second-order valence-corrected chi connectivity index (χ2v) is 3.02. The van der Waals surface area contributed by atoms with E-state index < -0.39 is 0 Å². The van der Waals surface area contributed by atoms with E-state index in [1.165, 1.54) is 0 Å². The number of hydrogen-bond acceptors (Lipinski definition) is 1. The summed E-state index contributed by atoms with van der Waals surface area (Å²) < 4.78 is 0. The van der Waals surface area contributed by atoms with Crippen LogP contribution in [0.4, 0.5) is 0 Å². The van der Waals surface area contributed by atoms with Gasteiger partial charge in [0.25, 0.3) is 0 Å². The predicted octanol–water partition coefficient (Wildman–Crippen LogP) is 1.64. The zero-order valence-corrected chi connectivity index (χ0v) is 7.76. The third kappa shape index (κ3) is 3.85. The fourth-order valence-corrected chi connectivity index (χ4v) is 1.33. The highest BCUT2D eigenvalue weighted by atomic mass is 15.2. The van der Waals surface area contributed by atoms with Crippen LogP contribution >= 0.6 is 0 Å². The van der Waals surface area contributed by atoms with Crippen molar-refractivity contribution in [3.63, 3.8) is 0 Å². The quantitative estimate of drug-likeness (QED) is 0.591. The molecule has 0 saturated heterocycles. The molecule has 2 heteroatoms. The minimum absolute atomic E-state index is 0. The fourth-order valence-electron chi connectivity index (χ4n) is 1.33. The minimum Gasteiger partial charge on any atom is -0.299 e. The Balaban J connectivity index is 0.